The molecule has 0 aliphatic carbocycles. The van der Waals surface area contributed by atoms with E-state index in [4.69, 9.17) is 4.74 Å². The van der Waals surface area contributed by atoms with Crippen molar-refractivity contribution in [3.05, 3.63) is 101 Å². The third kappa shape index (κ3) is 4.14. The number of esters is 1. The van der Waals surface area contributed by atoms with Crippen LogP contribution >= 0.6 is 23.1 Å². The Labute approximate surface area is 216 Å². The Hall–Kier alpha value is -3.69. The summed E-state index contributed by atoms with van der Waals surface area (Å²) in [7, 11) is 0. The zero-order valence-electron chi connectivity index (χ0n) is 19.3. The van der Waals surface area contributed by atoms with Gasteiger partial charge in [0, 0.05) is 18.7 Å². The predicted octanol–water partition coefficient (Wildman–Crippen LogP) is 4.52. The number of ether oxygens (including phenoxy) is 1. The van der Waals surface area contributed by atoms with Gasteiger partial charge in [-0.2, -0.15) is 0 Å². The number of amides is 2. The molecule has 2 amide bonds. The molecule has 2 atom stereocenters. The molecule has 1 saturated heterocycles. The maximum atomic E-state index is 13.7. The van der Waals surface area contributed by atoms with Crippen molar-refractivity contribution < 1.29 is 23.9 Å². The van der Waals surface area contributed by atoms with Crippen LogP contribution < -0.4 is 4.90 Å². The van der Waals surface area contributed by atoms with Gasteiger partial charge in [-0.15, -0.1) is 11.3 Å². The predicted molar refractivity (Wildman–Crippen MR) is 138 cm³/mol. The number of benzene rings is 2. The molecule has 1 aromatic heterocycles. The van der Waals surface area contributed by atoms with E-state index in [1.807, 2.05) is 72.1 Å². The van der Waals surface area contributed by atoms with Gasteiger partial charge in [-0.3, -0.25) is 29.0 Å². The van der Waals surface area contributed by atoms with Crippen LogP contribution in [0.5, 0.6) is 0 Å². The fourth-order valence-corrected chi connectivity index (χ4v) is 6.95. The summed E-state index contributed by atoms with van der Waals surface area (Å²) in [5, 5.41) is 1.46. The van der Waals surface area contributed by atoms with E-state index in [1.54, 1.807) is 6.07 Å². The molecule has 1 fully saturated rings. The Morgan fingerprint density at radius 3 is 2.19 bits per heavy atom. The Balaban J connectivity index is 1.51. The standard InChI is InChI=1S/C27H22N2O5S2/c1-18(31)29(23-13-8-14-35-23)27-15-22(32)28(27)16-21(17-30)25(36-27)26(33)34-24(19-9-4-2-5-10-19)20-11-6-3-7-12-20/h2-14,16-17,24-25H,15H2,1H3/t25?,27-/m1/s1. The van der Waals surface area contributed by atoms with Gasteiger partial charge in [0.2, 0.25) is 11.8 Å². The number of carbonyl (C=O) groups is 4. The molecule has 2 aliphatic rings. The van der Waals surface area contributed by atoms with Crippen LogP contribution in [-0.2, 0) is 23.9 Å². The van der Waals surface area contributed by atoms with Crippen LogP contribution in [0.25, 0.3) is 0 Å². The quantitative estimate of drug-likeness (QED) is 0.260. The molecule has 182 valence electrons. The molecule has 3 aromatic rings. The number of hydrogen-bond donors (Lipinski definition) is 0. The third-order valence-electron chi connectivity index (χ3n) is 6.09. The number of thiophene rings is 1. The molecule has 0 saturated carbocycles. The Kier molecular flexibility index (Phi) is 6.51. The van der Waals surface area contributed by atoms with Gasteiger partial charge in [0.15, 0.2) is 11.1 Å². The third-order valence-corrected chi connectivity index (χ3v) is 8.55. The van der Waals surface area contributed by atoms with Crippen LogP contribution in [0.1, 0.15) is 30.6 Å². The Morgan fingerprint density at radius 1 is 1.06 bits per heavy atom. The maximum absolute atomic E-state index is 13.7. The average molecular weight is 519 g/mol. The average Bonchev–Trinajstić information content (AvgIpc) is 3.41. The van der Waals surface area contributed by atoms with E-state index in [1.165, 1.54) is 34.3 Å². The van der Waals surface area contributed by atoms with Crippen LogP contribution in [0.3, 0.4) is 0 Å². The lowest BCUT2D eigenvalue weighted by molar-refractivity contribution is -0.149. The van der Waals surface area contributed by atoms with Gasteiger partial charge in [-0.05, 0) is 28.6 Å². The molecule has 0 spiro atoms. The molecular weight excluding hydrogens is 496 g/mol. The topological polar surface area (TPSA) is 84.0 Å². The number of anilines is 1. The number of thioether (sulfide) groups is 1. The zero-order chi connectivity index (χ0) is 25.3. The fraction of sp³-hybridized carbons (Fsp3) is 0.185. The molecule has 9 heteroatoms. The second-order valence-electron chi connectivity index (χ2n) is 8.37. The first-order valence-electron chi connectivity index (χ1n) is 11.3. The van der Waals surface area contributed by atoms with Crippen LogP contribution in [0.15, 0.2) is 89.9 Å². The summed E-state index contributed by atoms with van der Waals surface area (Å²) in [5.74, 6) is -1.13. The van der Waals surface area contributed by atoms with Gasteiger partial charge in [0.05, 0.1) is 6.42 Å². The summed E-state index contributed by atoms with van der Waals surface area (Å²) in [6, 6.07) is 22.3. The summed E-state index contributed by atoms with van der Waals surface area (Å²) in [6.07, 6.45) is 1.27. The number of rotatable bonds is 7. The number of nitrogens with zero attached hydrogens (tertiary/aromatic N) is 2. The van der Waals surface area contributed by atoms with Gasteiger partial charge >= 0.3 is 5.97 Å². The highest BCUT2D eigenvalue weighted by molar-refractivity contribution is 8.02. The molecule has 5 rings (SSSR count). The SMILES string of the molecule is CC(=O)N(c1cccs1)[C@@]12CC(=O)N1C=C(C=O)C(C(=O)OC(c1ccccc1)c1ccccc1)S2. The van der Waals surface area contributed by atoms with Crippen LogP contribution in [0, 0.1) is 0 Å². The summed E-state index contributed by atoms with van der Waals surface area (Å²) in [5.41, 5.74) is 1.69. The van der Waals surface area contributed by atoms with Gasteiger partial charge in [0.1, 0.15) is 16.5 Å². The van der Waals surface area contributed by atoms with E-state index in [9.17, 15) is 19.2 Å². The lowest BCUT2D eigenvalue weighted by atomic mass is 10.0. The van der Waals surface area contributed by atoms with Gasteiger partial charge in [0.25, 0.3) is 0 Å². The molecule has 7 nitrogen and oxygen atoms in total. The van der Waals surface area contributed by atoms with Crippen molar-refractivity contribution >= 4 is 52.2 Å². The smallest absolute Gasteiger partial charge is 0.324 e. The fourth-order valence-electron chi connectivity index (χ4n) is 4.46. The molecule has 0 bridgehead atoms. The first kappa shape index (κ1) is 24.0. The lowest BCUT2D eigenvalue weighted by Crippen LogP contribution is -2.71. The lowest BCUT2D eigenvalue weighted by Gasteiger charge is -2.57. The molecular formula is C27H22N2O5S2. The van der Waals surface area contributed by atoms with E-state index in [0.29, 0.717) is 11.3 Å². The van der Waals surface area contributed by atoms with E-state index < -0.39 is 22.3 Å². The summed E-state index contributed by atoms with van der Waals surface area (Å²) < 4.78 is 6.04. The molecule has 2 aliphatic heterocycles. The van der Waals surface area contributed by atoms with Crippen LogP contribution in [0.2, 0.25) is 0 Å². The number of carbonyl (C=O) groups excluding carboxylic acids is 4. The minimum absolute atomic E-state index is 0.0162. The van der Waals surface area contributed by atoms with E-state index in [2.05, 4.69) is 0 Å². The molecule has 1 unspecified atom stereocenters. The van der Waals surface area contributed by atoms with Crippen molar-refractivity contribution in [3.63, 3.8) is 0 Å². The summed E-state index contributed by atoms with van der Waals surface area (Å²) in [4.78, 5) is 52.7. The molecule has 0 radical (unpaired) electrons. The first-order valence-corrected chi connectivity index (χ1v) is 13.0. The second-order valence-corrected chi connectivity index (χ2v) is 10.7. The normalized spacial score (nSPS) is 20.7. The first-order chi connectivity index (χ1) is 17.4. The van der Waals surface area contributed by atoms with Crippen molar-refractivity contribution in [1.29, 1.82) is 0 Å². The summed E-state index contributed by atoms with van der Waals surface area (Å²) >= 11 is 2.44. The number of hydrogen-bond acceptors (Lipinski definition) is 7. The van der Waals surface area contributed by atoms with E-state index in [0.717, 1.165) is 22.9 Å². The molecule has 2 aromatic carbocycles. The minimum atomic E-state index is -1.15. The number of aldehydes is 1. The monoisotopic (exact) mass is 518 g/mol. The Bertz CT molecular complexity index is 1290. The molecule has 36 heavy (non-hydrogen) atoms. The molecule has 3 heterocycles. The van der Waals surface area contributed by atoms with Crippen LogP contribution in [0.4, 0.5) is 5.00 Å². The molecule has 0 N–H and O–H groups in total. The highest BCUT2D eigenvalue weighted by Crippen LogP contribution is 2.53. The maximum Gasteiger partial charge on any atom is 0.324 e. The highest BCUT2D eigenvalue weighted by atomic mass is 32.2. The van der Waals surface area contributed by atoms with Gasteiger partial charge in [-0.1, -0.05) is 72.4 Å². The number of fused-ring (bicyclic) bond motifs is 1. The minimum Gasteiger partial charge on any atom is -0.451 e. The van der Waals surface area contributed by atoms with Gasteiger partial charge < -0.3 is 4.74 Å². The summed E-state index contributed by atoms with van der Waals surface area (Å²) in [6.45, 7) is 1.42. The van der Waals surface area contributed by atoms with Gasteiger partial charge in [-0.25, -0.2) is 0 Å². The largest absolute Gasteiger partial charge is 0.451 e. The van der Waals surface area contributed by atoms with Crippen molar-refractivity contribution in [1.82, 2.24) is 4.90 Å². The zero-order valence-corrected chi connectivity index (χ0v) is 20.9. The van der Waals surface area contributed by atoms with E-state index >= 15 is 0 Å². The highest BCUT2D eigenvalue weighted by Gasteiger charge is 2.61. The van der Waals surface area contributed by atoms with Crippen molar-refractivity contribution in [3.8, 4) is 0 Å². The van der Waals surface area contributed by atoms with E-state index in [-0.39, 0.29) is 23.8 Å². The second kappa shape index (κ2) is 9.75. The van der Waals surface area contributed by atoms with Crippen molar-refractivity contribution in [2.45, 2.75) is 29.7 Å². The Morgan fingerprint density at radius 2 is 1.69 bits per heavy atom. The van der Waals surface area contributed by atoms with Crippen molar-refractivity contribution in [2.75, 3.05) is 4.90 Å². The van der Waals surface area contributed by atoms with Crippen molar-refractivity contribution in [2.24, 2.45) is 0 Å². The van der Waals surface area contributed by atoms with Crippen LogP contribution in [-0.4, -0.2) is 39.2 Å². The number of β-lactam (4-membered cyclic amide) rings is 1.